The first-order valence-electron chi connectivity index (χ1n) is 6.52. The molecule has 0 aliphatic heterocycles. The zero-order valence-electron chi connectivity index (χ0n) is 11.4. The van der Waals surface area contributed by atoms with Gasteiger partial charge in [0, 0.05) is 12.3 Å². The fourth-order valence-electron chi connectivity index (χ4n) is 1.90. The first-order valence-corrected chi connectivity index (χ1v) is 7.51. The number of thioether (sulfide) groups is 1. The van der Waals surface area contributed by atoms with Gasteiger partial charge in [0.2, 0.25) is 0 Å². The lowest BCUT2D eigenvalue weighted by molar-refractivity contribution is 0.592. The Morgan fingerprint density at radius 2 is 2.25 bits per heavy atom. The Morgan fingerprint density at radius 3 is 2.95 bits per heavy atom. The molecule has 0 aliphatic rings. The molecule has 6 heteroatoms. The van der Waals surface area contributed by atoms with E-state index in [2.05, 4.69) is 27.8 Å². The van der Waals surface area contributed by atoms with E-state index in [9.17, 15) is 0 Å². The predicted octanol–water partition coefficient (Wildman–Crippen LogP) is 2.31. The van der Waals surface area contributed by atoms with Crippen LogP contribution in [0.5, 0.6) is 0 Å². The summed E-state index contributed by atoms with van der Waals surface area (Å²) in [4.78, 5) is 0. The second-order valence-corrected chi connectivity index (χ2v) is 5.30. The SMILES string of the molecule is CCCn1c(CN)nnc1SCc1cccc(C#N)c1. The smallest absolute Gasteiger partial charge is 0.191 e. The molecule has 104 valence electrons. The van der Waals surface area contributed by atoms with E-state index in [1.165, 1.54) is 0 Å². The molecule has 0 amide bonds. The summed E-state index contributed by atoms with van der Waals surface area (Å²) in [6.07, 6.45) is 1.02. The van der Waals surface area contributed by atoms with Gasteiger partial charge in [0.15, 0.2) is 5.16 Å². The quantitative estimate of drug-likeness (QED) is 0.825. The number of nitrogens with two attached hydrogens (primary N) is 1. The molecule has 0 unspecified atom stereocenters. The van der Waals surface area contributed by atoms with Gasteiger partial charge < -0.3 is 10.3 Å². The molecule has 1 aromatic heterocycles. The first kappa shape index (κ1) is 14.6. The van der Waals surface area contributed by atoms with E-state index in [0.29, 0.717) is 12.1 Å². The molecule has 0 aliphatic carbocycles. The van der Waals surface area contributed by atoms with Crippen molar-refractivity contribution in [2.75, 3.05) is 0 Å². The average molecular weight is 287 g/mol. The minimum Gasteiger partial charge on any atom is -0.324 e. The number of rotatable bonds is 6. The van der Waals surface area contributed by atoms with Crippen molar-refractivity contribution in [2.24, 2.45) is 5.73 Å². The normalized spacial score (nSPS) is 10.4. The molecule has 20 heavy (non-hydrogen) atoms. The first-order chi connectivity index (χ1) is 9.78. The van der Waals surface area contributed by atoms with Crippen molar-refractivity contribution < 1.29 is 0 Å². The van der Waals surface area contributed by atoms with Gasteiger partial charge in [0.05, 0.1) is 18.2 Å². The van der Waals surface area contributed by atoms with E-state index in [4.69, 9.17) is 11.0 Å². The summed E-state index contributed by atoms with van der Waals surface area (Å²) in [6.45, 7) is 3.39. The zero-order valence-corrected chi connectivity index (χ0v) is 12.2. The highest BCUT2D eigenvalue weighted by molar-refractivity contribution is 7.98. The maximum absolute atomic E-state index is 8.90. The summed E-state index contributed by atoms with van der Waals surface area (Å²) in [5.74, 6) is 1.59. The van der Waals surface area contributed by atoms with Gasteiger partial charge in [-0.2, -0.15) is 5.26 Å². The van der Waals surface area contributed by atoms with Gasteiger partial charge in [0.1, 0.15) is 5.82 Å². The molecule has 1 aromatic carbocycles. The van der Waals surface area contributed by atoms with E-state index in [1.807, 2.05) is 18.2 Å². The van der Waals surface area contributed by atoms with E-state index in [1.54, 1.807) is 17.8 Å². The van der Waals surface area contributed by atoms with E-state index >= 15 is 0 Å². The van der Waals surface area contributed by atoms with E-state index < -0.39 is 0 Å². The molecule has 0 saturated carbocycles. The Kier molecular flexibility index (Phi) is 5.16. The molecule has 5 nitrogen and oxygen atoms in total. The molecule has 0 radical (unpaired) electrons. The van der Waals surface area contributed by atoms with Gasteiger partial charge in [-0.3, -0.25) is 0 Å². The zero-order chi connectivity index (χ0) is 14.4. The molecule has 2 aromatic rings. The van der Waals surface area contributed by atoms with E-state index in [-0.39, 0.29) is 0 Å². The van der Waals surface area contributed by atoms with Crippen molar-refractivity contribution in [3.8, 4) is 6.07 Å². The Bertz CT molecular complexity index is 614. The molecular formula is C14H17N5S. The van der Waals surface area contributed by atoms with Crippen molar-refractivity contribution >= 4 is 11.8 Å². The molecular weight excluding hydrogens is 270 g/mol. The Labute approximate surface area is 122 Å². The summed E-state index contributed by atoms with van der Waals surface area (Å²) in [6, 6.07) is 9.77. The number of hydrogen-bond acceptors (Lipinski definition) is 5. The molecule has 0 bridgehead atoms. The molecule has 1 heterocycles. The standard InChI is InChI=1S/C14H17N5S/c1-2-6-19-13(9-16)17-18-14(19)20-10-12-5-3-4-11(7-12)8-15/h3-5,7H,2,6,9-10,16H2,1H3. The van der Waals surface area contributed by atoms with Gasteiger partial charge in [-0.15, -0.1) is 10.2 Å². The molecule has 0 fully saturated rings. The maximum atomic E-state index is 8.90. The monoisotopic (exact) mass is 287 g/mol. The topological polar surface area (TPSA) is 80.5 Å². The lowest BCUT2D eigenvalue weighted by atomic mass is 10.2. The molecule has 2 N–H and O–H groups in total. The molecule has 0 saturated heterocycles. The van der Waals surface area contributed by atoms with Crippen LogP contribution in [0, 0.1) is 11.3 Å². The van der Waals surface area contributed by atoms with Crippen LogP contribution in [0.25, 0.3) is 0 Å². The van der Waals surface area contributed by atoms with Crippen LogP contribution in [-0.2, 0) is 18.8 Å². The molecule has 0 spiro atoms. The Hall–Kier alpha value is -1.84. The third-order valence-electron chi connectivity index (χ3n) is 2.85. The number of benzene rings is 1. The average Bonchev–Trinajstić information content (AvgIpc) is 2.88. The van der Waals surface area contributed by atoms with Gasteiger partial charge in [0.25, 0.3) is 0 Å². The summed E-state index contributed by atoms with van der Waals surface area (Å²) < 4.78 is 2.07. The number of hydrogen-bond donors (Lipinski definition) is 1. The lowest BCUT2D eigenvalue weighted by Gasteiger charge is -2.07. The highest BCUT2D eigenvalue weighted by Crippen LogP contribution is 2.22. The largest absolute Gasteiger partial charge is 0.324 e. The van der Waals surface area contributed by atoms with Crippen LogP contribution < -0.4 is 5.73 Å². The van der Waals surface area contributed by atoms with Crippen LogP contribution in [0.4, 0.5) is 0 Å². The second kappa shape index (κ2) is 7.08. The summed E-state index contributed by atoms with van der Waals surface area (Å²) in [5, 5.41) is 18.1. The van der Waals surface area contributed by atoms with Crippen LogP contribution in [0.1, 0.15) is 30.3 Å². The van der Waals surface area contributed by atoms with Crippen LogP contribution in [-0.4, -0.2) is 14.8 Å². The van der Waals surface area contributed by atoms with E-state index in [0.717, 1.165) is 35.3 Å². The highest BCUT2D eigenvalue weighted by Gasteiger charge is 2.10. The van der Waals surface area contributed by atoms with Crippen LogP contribution in [0.2, 0.25) is 0 Å². The van der Waals surface area contributed by atoms with Crippen LogP contribution >= 0.6 is 11.8 Å². The third kappa shape index (κ3) is 3.38. The Balaban J connectivity index is 2.10. The van der Waals surface area contributed by atoms with Crippen LogP contribution in [0.15, 0.2) is 29.4 Å². The fourth-order valence-corrected chi connectivity index (χ4v) is 2.83. The van der Waals surface area contributed by atoms with Crippen molar-refractivity contribution in [1.82, 2.24) is 14.8 Å². The maximum Gasteiger partial charge on any atom is 0.191 e. The highest BCUT2D eigenvalue weighted by atomic mass is 32.2. The summed E-state index contributed by atoms with van der Waals surface area (Å²) in [7, 11) is 0. The minimum absolute atomic E-state index is 0.400. The predicted molar refractivity (Wildman–Crippen MR) is 78.9 cm³/mol. The number of aromatic nitrogens is 3. The summed E-state index contributed by atoms with van der Waals surface area (Å²) >= 11 is 1.62. The second-order valence-electron chi connectivity index (χ2n) is 4.36. The van der Waals surface area contributed by atoms with Crippen molar-refractivity contribution in [2.45, 2.75) is 37.3 Å². The van der Waals surface area contributed by atoms with Crippen LogP contribution in [0.3, 0.4) is 0 Å². The fraction of sp³-hybridized carbons (Fsp3) is 0.357. The molecule has 2 rings (SSSR count). The lowest BCUT2D eigenvalue weighted by Crippen LogP contribution is -2.09. The van der Waals surface area contributed by atoms with Gasteiger partial charge in [-0.05, 0) is 24.1 Å². The van der Waals surface area contributed by atoms with Crippen molar-refractivity contribution in [3.05, 3.63) is 41.2 Å². The molecule has 0 atom stereocenters. The Morgan fingerprint density at radius 1 is 1.40 bits per heavy atom. The van der Waals surface area contributed by atoms with Gasteiger partial charge in [-0.25, -0.2) is 0 Å². The van der Waals surface area contributed by atoms with Gasteiger partial charge in [-0.1, -0.05) is 30.8 Å². The van der Waals surface area contributed by atoms with Crippen molar-refractivity contribution in [1.29, 1.82) is 5.26 Å². The summed E-state index contributed by atoms with van der Waals surface area (Å²) in [5.41, 5.74) is 7.46. The van der Waals surface area contributed by atoms with Crippen molar-refractivity contribution in [3.63, 3.8) is 0 Å². The third-order valence-corrected chi connectivity index (χ3v) is 3.89. The van der Waals surface area contributed by atoms with Gasteiger partial charge >= 0.3 is 0 Å². The number of nitriles is 1. The number of nitrogens with zero attached hydrogens (tertiary/aromatic N) is 4. The minimum atomic E-state index is 0.400.